The lowest BCUT2D eigenvalue weighted by molar-refractivity contribution is -0.148. The number of hydrogen-bond acceptors (Lipinski definition) is 3. The fourth-order valence-corrected chi connectivity index (χ4v) is 3.49. The van der Waals surface area contributed by atoms with Gasteiger partial charge in [-0.15, -0.1) is 0 Å². The summed E-state index contributed by atoms with van der Waals surface area (Å²) in [4.78, 5) is 29.0. The zero-order chi connectivity index (χ0) is 14.8. The van der Waals surface area contributed by atoms with Crippen molar-refractivity contribution < 1.29 is 9.59 Å². The van der Waals surface area contributed by atoms with Gasteiger partial charge in [0.1, 0.15) is 6.04 Å². The Morgan fingerprint density at radius 1 is 1.10 bits per heavy atom. The molecule has 0 radical (unpaired) electrons. The molecule has 21 heavy (non-hydrogen) atoms. The Morgan fingerprint density at radius 3 is 2.48 bits per heavy atom. The Bertz CT molecular complexity index is 402. The molecule has 2 atom stereocenters. The number of hydrogen-bond donors (Lipinski definition) is 1. The topological polar surface area (TPSA) is 52.7 Å². The van der Waals surface area contributed by atoms with E-state index in [0.717, 1.165) is 45.3 Å². The molecule has 3 fully saturated rings. The van der Waals surface area contributed by atoms with Gasteiger partial charge >= 0.3 is 0 Å². The quantitative estimate of drug-likeness (QED) is 0.845. The first-order valence-corrected chi connectivity index (χ1v) is 8.52. The van der Waals surface area contributed by atoms with E-state index in [0.29, 0.717) is 6.04 Å². The van der Waals surface area contributed by atoms with Gasteiger partial charge < -0.3 is 15.1 Å². The van der Waals surface area contributed by atoms with Gasteiger partial charge in [0.05, 0.1) is 6.04 Å². The van der Waals surface area contributed by atoms with E-state index in [1.54, 1.807) is 4.90 Å². The van der Waals surface area contributed by atoms with Crippen LogP contribution in [-0.2, 0) is 9.59 Å². The van der Waals surface area contributed by atoms with E-state index in [1.807, 2.05) is 11.8 Å². The van der Waals surface area contributed by atoms with E-state index in [9.17, 15) is 9.59 Å². The fourth-order valence-electron chi connectivity index (χ4n) is 3.49. The van der Waals surface area contributed by atoms with Crippen LogP contribution in [0.15, 0.2) is 0 Å². The molecule has 2 aliphatic heterocycles. The third-order valence-electron chi connectivity index (χ3n) is 4.98. The number of nitrogens with zero attached hydrogens (tertiary/aromatic N) is 2. The first-order valence-electron chi connectivity index (χ1n) is 8.52. The van der Waals surface area contributed by atoms with E-state index in [4.69, 9.17) is 0 Å². The molecule has 118 valence electrons. The summed E-state index contributed by atoms with van der Waals surface area (Å²) in [5, 5.41) is 3.43. The molecule has 3 rings (SSSR count). The van der Waals surface area contributed by atoms with E-state index >= 15 is 0 Å². The highest BCUT2D eigenvalue weighted by Gasteiger charge is 2.37. The summed E-state index contributed by atoms with van der Waals surface area (Å²) in [5.74, 6) is 0.265. The summed E-state index contributed by atoms with van der Waals surface area (Å²) in [5.41, 5.74) is 0. The average Bonchev–Trinajstić information content (AvgIpc) is 3.33. The lowest BCUT2D eigenvalue weighted by atomic mass is 10.0. The molecule has 0 aromatic rings. The Balaban J connectivity index is 1.60. The van der Waals surface area contributed by atoms with Crippen LogP contribution in [0.3, 0.4) is 0 Å². The number of nitrogens with one attached hydrogen (secondary N) is 1. The lowest BCUT2D eigenvalue weighted by Crippen LogP contribution is -2.58. The first-order chi connectivity index (χ1) is 10.2. The monoisotopic (exact) mass is 293 g/mol. The molecular formula is C16H27N3O2. The Morgan fingerprint density at radius 2 is 1.81 bits per heavy atom. The molecule has 2 amide bonds. The largest absolute Gasteiger partial charge is 0.341 e. The number of amides is 2. The molecular weight excluding hydrogens is 266 g/mol. The first kappa shape index (κ1) is 14.8. The summed E-state index contributed by atoms with van der Waals surface area (Å²) in [6.07, 6.45) is 7.69. The highest BCUT2D eigenvalue weighted by molar-refractivity contribution is 5.90. The third-order valence-corrected chi connectivity index (χ3v) is 4.98. The molecule has 1 N–H and O–H groups in total. The van der Waals surface area contributed by atoms with Gasteiger partial charge in [-0.2, -0.15) is 0 Å². The number of rotatable bonds is 4. The van der Waals surface area contributed by atoms with Gasteiger partial charge in [-0.3, -0.25) is 9.59 Å². The summed E-state index contributed by atoms with van der Waals surface area (Å²) in [6.45, 7) is 4.33. The molecule has 2 unspecified atom stereocenters. The van der Waals surface area contributed by atoms with E-state index < -0.39 is 0 Å². The predicted octanol–water partition coefficient (Wildman–Crippen LogP) is 1.13. The van der Waals surface area contributed by atoms with Crippen LogP contribution in [0, 0.1) is 0 Å². The van der Waals surface area contributed by atoms with Crippen LogP contribution < -0.4 is 5.32 Å². The van der Waals surface area contributed by atoms with E-state index in [1.165, 1.54) is 19.3 Å². The van der Waals surface area contributed by atoms with Crippen LogP contribution in [0.2, 0.25) is 0 Å². The SMILES string of the molecule is CC(C(=O)N1CCCCC1)N1CCCC(NC2CC2)C1=O. The maximum absolute atomic E-state index is 12.6. The minimum atomic E-state index is -0.306. The second-order valence-electron chi connectivity index (χ2n) is 6.73. The second-order valence-corrected chi connectivity index (χ2v) is 6.73. The van der Waals surface area contributed by atoms with Gasteiger partial charge in [0, 0.05) is 25.7 Å². The molecule has 3 aliphatic rings. The zero-order valence-corrected chi connectivity index (χ0v) is 13.0. The lowest BCUT2D eigenvalue weighted by Gasteiger charge is -2.39. The van der Waals surface area contributed by atoms with Gasteiger partial charge in [-0.05, 0) is 51.9 Å². The zero-order valence-electron chi connectivity index (χ0n) is 13.0. The van der Waals surface area contributed by atoms with Gasteiger partial charge in [0.15, 0.2) is 0 Å². The second kappa shape index (κ2) is 6.34. The molecule has 5 nitrogen and oxygen atoms in total. The maximum atomic E-state index is 12.6. The standard InChI is InChI=1S/C16H27N3O2/c1-12(15(20)18-9-3-2-4-10-18)19-11-5-6-14(16(19)21)17-13-7-8-13/h12-14,17H,2-11H2,1H3. The number of likely N-dealkylation sites (tertiary alicyclic amines) is 2. The summed E-state index contributed by atoms with van der Waals surface area (Å²) in [7, 11) is 0. The number of piperidine rings is 2. The summed E-state index contributed by atoms with van der Waals surface area (Å²) >= 11 is 0. The number of carbonyl (C=O) groups is 2. The minimum Gasteiger partial charge on any atom is -0.341 e. The molecule has 2 saturated heterocycles. The van der Waals surface area contributed by atoms with Crippen LogP contribution in [0.5, 0.6) is 0 Å². The van der Waals surface area contributed by atoms with Crippen LogP contribution >= 0.6 is 0 Å². The van der Waals surface area contributed by atoms with E-state index in [2.05, 4.69) is 5.32 Å². The number of carbonyl (C=O) groups excluding carboxylic acids is 2. The Labute approximate surface area is 127 Å². The van der Waals surface area contributed by atoms with Crippen molar-refractivity contribution in [1.29, 1.82) is 0 Å². The van der Waals surface area contributed by atoms with Crippen molar-refractivity contribution in [1.82, 2.24) is 15.1 Å². The van der Waals surface area contributed by atoms with Crippen molar-refractivity contribution in [3.05, 3.63) is 0 Å². The molecule has 5 heteroatoms. The summed E-state index contributed by atoms with van der Waals surface area (Å²) < 4.78 is 0. The van der Waals surface area contributed by atoms with Gasteiger partial charge in [-0.25, -0.2) is 0 Å². The van der Waals surface area contributed by atoms with Crippen molar-refractivity contribution in [3.63, 3.8) is 0 Å². The maximum Gasteiger partial charge on any atom is 0.245 e. The van der Waals surface area contributed by atoms with Crippen LogP contribution in [0.1, 0.15) is 51.9 Å². The average molecular weight is 293 g/mol. The molecule has 1 aliphatic carbocycles. The fraction of sp³-hybridized carbons (Fsp3) is 0.875. The smallest absolute Gasteiger partial charge is 0.245 e. The summed E-state index contributed by atoms with van der Waals surface area (Å²) in [6, 6.07) is 0.161. The van der Waals surface area contributed by atoms with Gasteiger partial charge in [0.2, 0.25) is 11.8 Å². The van der Waals surface area contributed by atoms with Gasteiger partial charge in [-0.1, -0.05) is 0 Å². The normalized spacial score (nSPS) is 28.6. The molecule has 0 bridgehead atoms. The predicted molar refractivity (Wildman–Crippen MR) is 80.8 cm³/mol. The van der Waals surface area contributed by atoms with Crippen LogP contribution in [0.4, 0.5) is 0 Å². The molecule has 2 heterocycles. The van der Waals surface area contributed by atoms with Crippen LogP contribution in [-0.4, -0.2) is 59.4 Å². The van der Waals surface area contributed by atoms with Crippen molar-refractivity contribution in [2.75, 3.05) is 19.6 Å². The Kier molecular flexibility index (Phi) is 4.48. The molecule has 0 spiro atoms. The molecule has 0 aromatic heterocycles. The van der Waals surface area contributed by atoms with Gasteiger partial charge in [0.25, 0.3) is 0 Å². The van der Waals surface area contributed by atoms with Crippen molar-refractivity contribution in [3.8, 4) is 0 Å². The third kappa shape index (κ3) is 3.39. The molecule has 0 aromatic carbocycles. The Hall–Kier alpha value is -1.10. The minimum absolute atomic E-state index is 0.0668. The van der Waals surface area contributed by atoms with Crippen LogP contribution in [0.25, 0.3) is 0 Å². The molecule has 1 saturated carbocycles. The van der Waals surface area contributed by atoms with Crippen molar-refractivity contribution in [2.45, 2.75) is 70.0 Å². The highest BCUT2D eigenvalue weighted by atomic mass is 16.2. The highest BCUT2D eigenvalue weighted by Crippen LogP contribution is 2.23. The van der Waals surface area contributed by atoms with Crippen molar-refractivity contribution in [2.24, 2.45) is 0 Å². The van der Waals surface area contributed by atoms with Crippen molar-refractivity contribution >= 4 is 11.8 Å². The van der Waals surface area contributed by atoms with E-state index in [-0.39, 0.29) is 23.9 Å².